The topological polar surface area (TPSA) is 76.2 Å². The van der Waals surface area contributed by atoms with Gasteiger partial charge in [0.2, 0.25) is 5.91 Å². The van der Waals surface area contributed by atoms with Crippen LogP contribution < -0.4 is 0 Å². The van der Waals surface area contributed by atoms with Gasteiger partial charge in [-0.05, 0) is 59.9 Å². The molecule has 2 heterocycles. The van der Waals surface area contributed by atoms with E-state index in [1.165, 1.54) is 16.0 Å². The Bertz CT molecular complexity index is 1210. The van der Waals surface area contributed by atoms with Crippen molar-refractivity contribution in [3.05, 3.63) is 70.8 Å². The fourth-order valence-corrected chi connectivity index (χ4v) is 6.47. The van der Waals surface area contributed by atoms with E-state index in [0.717, 1.165) is 31.1 Å². The molecular formula is C31H40N2O5Si. The molecule has 0 N–H and O–H groups in total. The minimum atomic E-state index is -1.27. The molecule has 8 heteroatoms. The molecule has 7 nitrogen and oxygen atoms in total. The van der Waals surface area contributed by atoms with E-state index >= 15 is 0 Å². The maximum absolute atomic E-state index is 13.3. The molecule has 5 rings (SSSR count). The molecule has 3 aliphatic rings. The summed E-state index contributed by atoms with van der Waals surface area (Å²) in [7, 11) is -1.27. The number of fused-ring (bicyclic) bond motifs is 1. The molecule has 2 fully saturated rings. The fraction of sp³-hybridized carbons (Fsp3) is 0.516. The quantitative estimate of drug-likeness (QED) is 0.220. The van der Waals surface area contributed by atoms with Gasteiger partial charge in [0, 0.05) is 39.8 Å². The molecule has 0 bridgehead atoms. The monoisotopic (exact) mass is 548 g/mol. The van der Waals surface area contributed by atoms with Crippen LogP contribution in [0.25, 0.3) is 0 Å². The van der Waals surface area contributed by atoms with Crippen LogP contribution in [0.15, 0.2) is 48.5 Å². The third-order valence-corrected chi connectivity index (χ3v) is 9.91. The summed E-state index contributed by atoms with van der Waals surface area (Å²) in [5.74, 6) is 0.370. The number of carbonyl (C=O) groups is 3. The number of amides is 3. The zero-order chi connectivity index (χ0) is 27.6. The molecule has 208 valence electrons. The van der Waals surface area contributed by atoms with E-state index in [9.17, 15) is 14.4 Å². The number of carbonyl (C=O) groups excluding carboxylic acids is 3. The van der Waals surface area contributed by atoms with Crippen molar-refractivity contribution in [2.75, 3.05) is 19.9 Å². The van der Waals surface area contributed by atoms with Crippen molar-refractivity contribution in [3.8, 4) is 0 Å². The van der Waals surface area contributed by atoms with E-state index in [4.69, 9.17) is 9.47 Å². The summed E-state index contributed by atoms with van der Waals surface area (Å²) in [6, 6.07) is 16.7. The van der Waals surface area contributed by atoms with E-state index < -0.39 is 14.1 Å². The molecule has 1 saturated carbocycles. The lowest BCUT2D eigenvalue weighted by Crippen LogP contribution is -2.55. The van der Waals surface area contributed by atoms with E-state index in [0.29, 0.717) is 43.6 Å². The van der Waals surface area contributed by atoms with Gasteiger partial charge in [0.1, 0.15) is 12.8 Å². The zero-order valence-corrected chi connectivity index (χ0v) is 24.4. The van der Waals surface area contributed by atoms with Crippen molar-refractivity contribution < 1.29 is 23.9 Å². The van der Waals surface area contributed by atoms with Crippen molar-refractivity contribution in [2.24, 2.45) is 5.92 Å². The maximum Gasteiger partial charge on any atom is 0.255 e. The molecule has 2 aromatic rings. The van der Waals surface area contributed by atoms with Gasteiger partial charge in [0.15, 0.2) is 0 Å². The molecule has 3 amide bonds. The van der Waals surface area contributed by atoms with E-state index in [2.05, 4.69) is 43.9 Å². The molecule has 2 aromatic carbocycles. The van der Waals surface area contributed by atoms with Crippen molar-refractivity contribution in [1.82, 2.24) is 9.80 Å². The number of nitrogens with zero attached hydrogens (tertiary/aromatic N) is 2. The highest BCUT2D eigenvalue weighted by atomic mass is 28.3. The predicted octanol–water partition coefficient (Wildman–Crippen LogP) is 5.18. The number of imide groups is 1. The van der Waals surface area contributed by atoms with Crippen LogP contribution in [0.1, 0.15) is 58.6 Å². The van der Waals surface area contributed by atoms with E-state index in [-0.39, 0.29) is 30.9 Å². The molecule has 0 unspecified atom stereocenters. The SMILES string of the molecule is C[Si](C)(C)CCOCN1C(=O)CC[C@@H](N2Cc3cc(C4CC(COCc5ccccc5)C4)ccc3C2=O)C1=O. The second-order valence-corrected chi connectivity index (χ2v) is 18.1. The Kier molecular flexibility index (Phi) is 8.35. The van der Waals surface area contributed by atoms with Gasteiger partial charge in [-0.1, -0.05) is 62.1 Å². The molecule has 1 aliphatic carbocycles. The zero-order valence-electron chi connectivity index (χ0n) is 23.4. The Morgan fingerprint density at radius 3 is 2.49 bits per heavy atom. The highest BCUT2D eigenvalue weighted by Gasteiger charge is 2.43. The standard InChI is InChI=1S/C31H40N2O5Si/c1-39(2,3)14-13-37-21-33-29(34)12-11-28(31(33)36)32-18-26-17-24(9-10-27(26)30(32)35)25-15-23(16-25)20-38-19-22-7-5-4-6-8-22/h4-10,17,23,25,28H,11-16,18-21H2,1-3H3/t23?,25?,28-/m1/s1. The molecule has 0 radical (unpaired) electrons. The van der Waals surface area contributed by atoms with Gasteiger partial charge in [0.05, 0.1) is 6.61 Å². The predicted molar refractivity (Wildman–Crippen MR) is 152 cm³/mol. The molecule has 39 heavy (non-hydrogen) atoms. The third-order valence-electron chi connectivity index (χ3n) is 8.21. The van der Waals surface area contributed by atoms with Crippen molar-refractivity contribution in [2.45, 2.75) is 76.5 Å². The van der Waals surface area contributed by atoms with Crippen molar-refractivity contribution in [1.29, 1.82) is 0 Å². The third kappa shape index (κ3) is 6.50. The summed E-state index contributed by atoms with van der Waals surface area (Å²) in [6.07, 6.45) is 2.78. The minimum absolute atomic E-state index is 0.0321. The van der Waals surface area contributed by atoms with Crippen LogP contribution in [-0.4, -0.2) is 61.6 Å². The van der Waals surface area contributed by atoms with Gasteiger partial charge in [-0.2, -0.15) is 0 Å². The Hall–Kier alpha value is -2.81. The molecule has 0 aromatic heterocycles. The number of rotatable bonds is 11. The lowest BCUT2D eigenvalue weighted by Gasteiger charge is -2.36. The number of benzene rings is 2. The second-order valence-electron chi connectivity index (χ2n) is 12.4. The van der Waals surface area contributed by atoms with Crippen LogP contribution in [0.3, 0.4) is 0 Å². The second kappa shape index (κ2) is 11.7. The molecule has 2 aliphatic heterocycles. The lowest BCUT2D eigenvalue weighted by molar-refractivity contribution is -0.158. The minimum Gasteiger partial charge on any atom is -0.376 e. The van der Waals surface area contributed by atoms with Gasteiger partial charge < -0.3 is 14.4 Å². The average molecular weight is 549 g/mol. The highest BCUT2D eigenvalue weighted by molar-refractivity contribution is 6.76. The number of hydrogen-bond acceptors (Lipinski definition) is 5. The van der Waals surface area contributed by atoms with Crippen LogP contribution in [0.2, 0.25) is 25.7 Å². The maximum atomic E-state index is 13.3. The number of piperidine rings is 1. The first-order chi connectivity index (χ1) is 18.7. The smallest absolute Gasteiger partial charge is 0.255 e. The number of likely N-dealkylation sites (tertiary alicyclic amines) is 1. The van der Waals surface area contributed by atoms with Gasteiger partial charge in [-0.25, -0.2) is 0 Å². The number of hydrogen-bond donors (Lipinski definition) is 0. The Labute approximate surface area is 232 Å². The molecular weight excluding hydrogens is 508 g/mol. The Morgan fingerprint density at radius 1 is 0.974 bits per heavy atom. The van der Waals surface area contributed by atoms with E-state index in [1.807, 2.05) is 24.3 Å². The summed E-state index contributed by atoms with van der Waals surface area (Å²) >= 11 is 0. The first-order valence-corrected chi connectivity index (χ1v) is 17.9. The van der Waals surface area contributed by atoms with E-state index in [1.54, 1.807) is 4.90 Å². The first kappa shape index (κ1) is 27.7. The van der Waals surface area contributed by atoms with Gasteiger partial charge >= 0.3 is 0 Å². The summed E-state index contributed by atoms with van der Waals surface area (Å²) in [5.41, 5.74) is 4.09. The van der Waals surface area contributed by atoms with Gasteiger partial charge in [-0.15, -0.1) is 0 Å². The van der Waals surface area contributed by atoms with Gasteiger partial charge in [0.25, 0.3) is 11.8 Å². The van der Waals surface area contributed by atoms with Crippen LogP contribution in [-0.2, 0) is 32.2 Å². The van der Waals surface area contributed by atoms with Crippen LogP contribution in [0.4, 0.5) is 0 Å². The summed E-state index contributed by atoms with van der Waals surface area (Å²) in [5, 5.41) is 0. The van der Waals surface area contributed by atoms with Crippen LogP contribution in [0, 0.1) is 5.92 Å². The van der Waals surface area contributed by atoms with Crippen molar-refractivity contribution >= 4 is 25.8 Å². The average Bonchev–Trinajstić information content (AvgIpc) is 3.20. The Morgan fingerprint density at radius 2 is 1.74 bits per heavy atom. The first-order valence-electron chi connectivity index (χ1n) is 14.2. The molecule has 1 saturated heterocycles. The Balaban J connectivity index is 1.14. The lowest BCUT2D eigenvalue weighted by atomic mass is 9.71. The van der Waals surface area contributed by atoms with Crippen LogP contribution in [0.5, 0.6) is 0 Å². The number of ether oxygens (including phenoxy) is 2. The highest BCUT2D eigenvalue weighted by Crippen LogP contribution is 2.43. The fourth-order valence-electron chi connectivity index (χ4n) is 5.71. The summed E-state index contributed by atoms with van der Waals surface area (Å²) < 4.78 is 11.6. The molecule has 0 spiro atoms. The summed E-state index contributed by atoms with van der Waals surface area (Å²) in [4.78, 5) is 41.9. The molecule has 1 atom stereocenters. The van der Waals surface area contributed by atoms with Crippen molar-refractivity contribution in [3.63, 3.8) is 0 Å². The normalized spacial score (nSPS) is 23.3. The van der Waals surface area contributed by atoms with Gasteiger partial charge in [-0.3, -0.25) is 19.3 Å². The summed E-state index contributed by atoms with van der Waals surface area (Å²) in [6.45, 7) is 9.11. The van der Waals surface area contributed by atoms with Crippen LogP contribution >= 0.6 is 0 Å². The largest absolute Gasteiger partial charge is 0.376 e.